The highest BCUT2D eigenvalue weighted by Crippen LogP contribution is 2.15. The summed E-state index contributed by atoms with van der Waals surface area (Å²) in [7, 11) is 0. The Morgan fingerprint density at radius 3 is 2.90 bits per heavy atom. The Balaban J connectivity index is 1.67. The molecule has 0 saturated heterocycles. The van der Waals surface area contributed by atoms with Crippen molar-refractivity contribution in [3.05, 3.63) is 59.4 Å². The second-order valence-electron chi connectivity index (χ2n) is 4.85. The molecule has 0 aliphatic carbocycles. The number of aromatic nitrogens is 2. The van der Waals surface area contributed by atoms with E-state index >= 15 is 0 Å². The van der Waals surface area contributed by atoms with Crippen LogP contribution in [0.3, 0.4) is 0 Å². The monoisotopic (exact) mass is 269 g/mol. The number of halogens is 1. The van der Waals surface area contributed by atoms with Crippen LogP contribution < -0.4 is 5.32 Å². The Morgan fingerprint density at radius 1 is 1.20 bits per heavy atom. The number of nitrogens with one attached hydrogen (secondary N) is 2. The lowest BCUT2D eigenvalue weighted by molar-refractivity contribution is 0.629. The summed E-state index contributed by atoms with van der Waals surface area (Å²) >= 11 is 0. The molecule has 3 rings (SSSR count). The van der Waals surface area contributed by atoms with E-state index in [0.717, 1.165) is 18.5 Å². The highest BCUT2D eigenvalue weighted by Gasteiger charge is 2.03. The molecule has 1 heterocycles. The van der Waals surface area contributed by atoms with E-state index in [0.29, 0.717) is 11.5 Å². The minimum absolute atomic E-state index is 0.257. The molecule has 0 saturated carbocycles. The molecule has 0 bridgehead atoms. The van der Waals surface area contributed by atoms with E-state index in [4.69, 9.17) is 0 Å². The van der Waals surface area contributed by atoms with Gasteiger partial charge in [-0.1, -0.05) is 24.3 Å². The van der Waals surface area contributed by atoms with Gasteiger partial charge in [0.1, 0.15) is 5.82 Å². The lowest BCUT2D eigenvalue weighted by Gasteiger charge is -2.05. The standard InChI is InChI=1S/C16H16FN3/c1-11-4-2-3-5-12(11)8-9-18-16-19-14-7-6-13(17)10-15(14)20-16/h2-7,10H,8-9H2,1H3,(H2,18,19,20). The molecule has 102 valence electrons. The van der Waals surface area contributed by atoms with Crippen molar-refractivity contribution in [1.82, 2.24) is 9.97 Å². The van der Waals surface area contributed by atoms with Crippen molar-refractivity contribution in [1.29, 1.82) is 0 Å². The molecule has 0 fully saturated rings. The molecule has 1 aromatic heterocycles. The number of fused-ring (bicyclic) bond motifs is 1. The third-order valence-electron chi connectivity index (χ3n) is 3.39. The molecule has 0 radical (unpaired) electrons. The predicted octanol–water partition coefficient (Wildman–Crippen LogP) is 3.67. The fourth-order valence-corrected chi connectivity index (χ4v) is 2.27. The molecule has 3 aromatic rings. The second kappa shape index (κ2) is 5.33. The third-order valence-corrected chi connectivity index (χ3v) is 3.39. The molecule has 0 aliphatic heterocycles. The first-order valence-corrected chi connectivity index (χ1v) is 6.66. The maximum Gasteiger partial charge on any atom is 0.201 e. The highest BCUT2D eigenvalue weighted by molar-refractivity contribution is 5.77. The van der Waals surface area contributed by atoms with Crippen LogP contribution in [0.1, 0.15) is 11.1 Å². The maximum atomic E-state index is 13.1. The topological polar surface area (TPSA) is 40.7 Å². The van der Waals surface area contributed by atoms with Gasteiger partial charge in [0.15, 0.2) is 0 Å². The van der Waals surface area contributed by atoms with E-state index in [1.54, 1.807) is 6.07 Å². The van der Waals surface area contributed by atoms with E-state index < -0.39 is 0 Å². The summed E-state index contributed by atoms with van der Waals surface area (Å²) in [5.41, 5.74) is 4.09. The van der Waals surface area contributed by atoms with Gasteiger partial charge in [0.2, 0.25) is 5.95 Å². The van der Waals surface area contributed by atoms with E-state index in [-0.39, 0.29) is 5.82 Å². The number of hydrogen-bond donors (Lipinski definition) is 2. The summed E-state index contributed by atoms with van der Waals surface area (Å²) < 4.78 is 13.1. The number of nitrogens with zero attached hydrogens (tertiary/aromatic N) is 1. The summed E-state index contributed by atoms with van der Waals surface area (Å²) in [6, 6.07) is 12.9. The van der Waals surface area contributed by atoms with Crippen LogP contribution in [0.2, 0.25) is 0 Å². The number of benzene rings is 2. The van der Waals surface area contributed by atoms with E-state index in [1.165, 1.54) is 23.3 Å². The zero-order valence-electron chi connectivity index (χ0n) is 11.3. The van der Waals surface area contributed by atoms with Gasteiger partial charge in [0.25, 0.3) is 0 Å². The van der Waals surface area contributed by atoms with Crippen LogP contribution in [0, 0.1) is 12.7 Å². The minimum atomic E-state index is -0.257. The molecule has 0 amide bonds. The van der Waals surface area contributed by atoms with E-state index in [2.05, 4.69) is 34.3 Å². The van der Waals surface area contributed by atoms with Crippen molar-refractivity contribution in [2.75, 3.05) is 11.9 Å². The average molecular weight is 269 g/mol. The van der Waals surface area contributed by atoms with Crippen molar-refractivity contribution < 1.29 is 4.39 Å². The average Bonchev–Trinajstić information content (AvgIpc) is 2.83. The van der Waals surface area contributed by atoms with Crippen LogP contribution in [0.15, 0.2) is 42.5 Å². The summed E-state index contributed by atoms with van der Waals surface area (Å²) in [5, 5.41) is 3.24. The van der Waals surface area contributed by atoms with Gasteiger partial charge < -0.3 is 10.3 Å². The quantitative estimate of drug-likeness (QED) is 0.758. The lowest BCUT2D eigenvalue weighted by Crippen LogP contribution is -2.06. The number of H-pyrrole nitrogens is 1. The van der Waals surface area contributed by atoms with E-state index in [9.17, 15) is 4.39 Å². The van der Waals surface area contributed by atoms with Gasteiger partial charge in [0.05, 0.1) is 11.0 Å². The normalized spacial score (nSPS) is 10.9. The summed E-state index contributed by atoms with van der Waals surface area (Å²) in [5.74, 6) is 0.423. The molecule has 2 N–H and O–H groups in total. The van der Waals surface area contributed by atoms with E-state index in [1.807, 2.05) is 12.1 Å². The van der Waals surface area contributed by atoms with Crippen LogP contribution in [-0.4, -0.2) is 16.5 Å². The zero-order valence-corrected chi connectivity index (χ0v) is 11.3. The molecule has 3 nitrogen and oxygen atoms in total. The van der Waals surface area contributed by atoms with Crippen LogP contribution >= 0.6 is 0 Å². The zero-order chi connectivity index (χ0) is 13.9. The van der Waals surface area contributed by atoms with Gasteiger partial charge in [-0.15, -0.1) is 0 Å². The molecule has 0 aliphatic rings. The Morgan fingerprint density at radius 2 is 2.05 bits per heavy atom. The van der Waals surface area contributed by atoms with Crippen molar-refractivity contribution in [3.63, 3.8) is 0 Å². The molecule has 20 heavy (non-hydrogen) atoms. The molecule has 0 atom stereocenters. The predicted molar refractivity (Wildman–Crippen MR) is 79.4 cm³/mol. The van der Waals surface area contributed by atoms with Gasteiger partial charge in [-0.25, -0.2) is 9.37 Å². The van der Waals surface area contributed by atoms with Crippen molar-refractivity contribution in [2.24, 2.45) is 0 Å². The summed E-state index contributed by atoms with van der Waals surface area (Å²) in [6.45, 7) is 2.90. The van der Waals surface area contributed by atoms with Gasteiger partial charge in [-0.3, -0.25) is 0 Å². The SMILES string of the molecule is Cc1ccccc1CCNc1nc2ccc(F)cc2[nH]1. The van der Waals surface area contributed by atoms with Crippen molar-refractivity contribution >= 4 is 17.0 Å². The minimum Gasteiger partial charge on any atom is -0.355 e. The summed E-state index contributed by atoms with van der Waals surface area (Å²) in [4.78, 5) is 7.45. The first-order valence-electron chi connectivity index (χ1n) is 6.66. The van der Waals surface area contributed by atoms with Crippen LogP contribution in [-0.2, 0) is 6.42 Å². The Bertz CT molecular complexity index is 733. The second-order valence-corrected chi connectivity index (χ2v) is 4.85. The highest BCUT2D eigenvalue weighted by atomic mass is 19.1. The maximum absolute atomic E-state index is 13.1. The summed E-state index contributed by atoms with van der Waals surface area (Å²) in [6.07, 6.45) is 0.929. The van der Waals surface area contributed by atoms with Gasteiger partial charge in [-0.2, -0.15) is 0 Å². The number of hydrogen-bond acceptors (Lipinski definition) is 2. The van der Waals surface area contributed by atoms with Crippen molar-refractivity contribution in [2.45, 2.75) is 13.3 Å². The Kier molecular flexibility index (Phi) is 3.37. The number of aryl methyl sites for hydroxylation is 1. The molecule has 4 heteroatoms. The lowest BCUT2D eigenvalue weighted by atomic mass is 10.1. The Labute approximate surface area is 116 Å². The number of anilines is 1. The first-order chi connectivity index (χ1) is 9.72. The fraction of sp³-hybridized carbons (Fsp3) is 0.188. The van der Waals surface area contributed by atoms with Crippen LogP contribution in [0.4, 0.5) is 10.3 Å². The molecular formula is C16H16FN3. The van der Waals surface area contributed by atoms with Gasteiger partial charge >= 0.3 is 0 Å². The molecular weight excluding hydrogens is 253 g/mol. The molecule has 2 aromatic carbocycles. The van der Waals surface area contributed by atoms with Gasteiger partial charge in [-0.05, 0) is 42.7 Å². The fourth-order valence-electron chi connectivity index (χ4n) is 2.27. The van der Waals surface area contributed by atoms with Crippen molar-refractivity contribution in [3.8, 4) is 0 Å². The van der Waals surface area contributed by atoms with Crippen LogP contribution in [0.5, 0.6) is 0 Å². The number of aromatic amines is 1. The largest absolute Gasteiger partial charge is 0.355 e. The van der Waals surface area contributed by atoms with Gasteiger partial charge in [0, 0.05) is 6.54 Å². The third kappa shape index (κ3) is 2.64. The molecule has 0 spiro atoms. The first kappa shape index (κ1) is 12.7. The van der Waals surface area contributed by atoms with Crippen LogP contribution in [0.25, 0.3) is 11.0 Å². The molecule has 0 unspecified atom stereocenters. The number of rotatable bonds is 4. The number of imidazole rings is 1. The smallest absolute Gasteiger partial charge is 0.201 e. The Hall–Kier alpha value is -2.36.